The molecule has 0 aromatic rings. The molecule has 2 aliphatic rings. The van der Waals surface area contributed by atoms with Gasteiger partial charge in [0.2, 0.25) is 5.91 Å². The van der Waals surface area contributed by atoms with Crippen LogP contribution < -0.4 is 10.6 Å². The second-order valence-corrected chi connectivity index (χ2v) is 6.11. The van der Waals surface area contributed by atoms with Gasteiger partial charge >= 0.3 is 0 Å². The average Bonchev–Trinajstić information content (AvgIpc) is 2.47. The molecule has 4 nitrogen and oxygen atoms in total. The summed E-state index contributed by atoms with van der Waals surface area (Å²) in [6.07, 6.45) is 9.31. The molecule has 19 heavy (non-hydrogen) atoms. The molecule has 1 aliphatic carbocycles. The Balaban J connectivity index is 1.61. The molecular formula is C15H29N3O. The lowest BCUT2D eigenvalue weighted by Gasteiger charge is -2.31. The Morgan fingerprint density at radius 3 is 2.53 bits per heavy atom. The van der Waals surface area contributed by atoms with Gasteiger partial charge in [-0.05, 0) is 45.8 Å². The molecule has 1 heterocycles. The second kappa shape index (κ2) is 7.85. The summed E-state index contributed by atoms with van der Waals surface area (Å²) in [5.41, 5.74) is 0. The summed E-state index contributed by atoms with van der Waals surface area (Å²) >= 11 is 0. The lowest BCUT2D eigenvalue weighted by atomic mass is 9.95. The Labute approximate surface area is 117 Å². The smallest absolute Gasteiger partial charge is 0.221 e. The maximum Gasteiger partial charge on any atom is 0.221 e. The Morgan fingerprint density at radius 1 is 1.16 bits per heavy atom. The van der Waals surface area contributed by atoms with Crippen LogP contribution in [-0.2, 0) is 4.79 Å². The predicted molar refractivity (Wildman–Crippen MR) is 78.2 cm³/mol. The van der Waals surface area contributed by atoms with E-state index >= 15 is 0 Å². The van der Waals surface area contributed by atoms with E-state index in [0.717, 1.165) is 19.6 Å². The van der Waals surface area contributed by atoms with Crippen molar-refractivity contribution in [2.24, 2.45) is 0 Å². The Morgan fingerprint density at radius 2 is 1.84 bits per heavy atom. The molecule has 0 aromatic heterocycles. The van der Waals surface area contributed by atoms with Crippen molar-refractivity contribution in [3.8, 4) is 0 Å². The van der Waals surface area contributed by atoms with E-state index in [9.17, 15) is 4.79 Å². The Kier molecular flexibility index (Phi) is 6.11. The summed E-state index contributed by atoms with van der Waals surface area (Å²) < 4.78 is 0. The van der Waals surface area contributed by atoms with Gasteiger partial charge in [-0.2, -0.15) is 0 Å². The monoisotopic (exact) mass is 267 g/mol. The third kappa shape index (κ3) is 5.11. The summed E-state index contributed by atoms with van der Waals surface area (Å²) in [5.74, 6) is 0.243. The van der Waals surface area contributed by atoms with Gasteiger partial charge in [0.05, 0.1) is 0 Å². The molecule has 2 N–H and O–H groups in total. The van der Waals surface area contributed by atoms with Gasteiger partial charge in [-0.15, -0.1) is 0 Å². The van der Waals surface area contributed by atoms with Crippen molar-refractivity contribution in [1.82, 2.24) is 15.5 Å². The highest BCUT2D eigenvalue weighted by molar-refractivity contribution is 5.76. The number of carbonyl (C=O) groups excluding carboxylic acids is 1. The van der Waals surface area contributed by atoms with Gasteiger partial charge < -0.3 is 15.5 Å². The predicted octanol–water partition coefficient (Wildman–Crippen LogP) is 1.51. The third-order valence-corrected chi connectivity index (χ3v) is 4.59. The van der Waals surface area contributed by atoms with Gasteiger partial charge in [-0.3, -0.25) is 4.79 Å². The van der Waals surface area contributed by atoms with Gasteiger partial charge in [0, 0.05) is 25.0 Å². The quantitative estimate of drug-likeness (QED) is 0.793. The molecule has 2 rings (SSSR count). The number of nitrogens with zero attached hydrogens (tertiary/aromatic N) is 1. The maximum atomic E-state index is 11.9. The zero-order valence-corrected chi connectivity index (χ0v) is 12.3. The molecule has 0 bridgehead atoms. The van der Waals surface area contributed by atoms with E-state index in [4.69, 9.17) is 0 Å². The lowest BCUT2D eigenvalue weighted by Crippen LogP contribution is -2.43. The summed E-state index contributed by atoms with van der Waals surface area (Å²) in [5, 5.41) is 6.58. The van der Waals surface area contributed by atoms with E-state index in [-0.39, 0.29) is 5.91 Å². The lowest BCUT2D eigenvalue weighted by molar-refractivity contribution is -0.122. The summed E-state index contributed by atoms with van der Waals surface area (Å²) in [4.78, 5) is 14.3. The van der Waals surface area contributed by atoms with Crippen molar-refractivity contribution < 1.29 is 4.79 Å². The zero-order chi connectivity index (χ0) is 13.5. The maximum absolute atomic E-state index is 11.9. The van der Waals surface area contributed by atoms with E-state index in [0.29, 0.717) is 18.5 Å². The van der Waals surface area contributed by atoms with Crippen LogP contribution in [0.4, 0.5) is 0 Å². The summed E-state index contributed by atoms with van der Waals surface area (Å²) in [6.45, 7) is 3.12. The minimum Gasteiger partial charge on any atom is -0.353 e. The minimum absolute atomic E-state index is 0.243. The highest BCUT2D eigenvalue weighted by Gasteiger charge is 2.19. The van der Waals surface area contributed by atoms with Gasteiger partial charge in [-0.1, -0.05) is 19.3 Å². The molecule has 110 valence electrons. The van der Waals surface area contributed by atoms with Crippen LogP contribution >= 0.6 is 0 Å². The highest BCUT2D eigenvalue weighted by Crippen LogP contribution is 2.17. The van der Waals surface area contributed by atoms with E-state index < -0.39 is 0 Å². The third-order valence-electron chi connectivity index (χ3n) is 4.59. The van der Waals surface area contributed by atoms with Gasteiger partial charge in [0.25, 0.3) is 0 Å². The van der Waals surface area contributed by atoms with Crippen molar-refractivity contribution in [2.45, 2.75) is 63.5 Å². The first-order valence-electron chi connectivity index (χ1n) is 7.96. The largest absolute Gasteiger partial charge is 0.353 e. The molecule has 0 aromatic carbocycles. The van der Waals surface area contributed by atoms with Crippen molar-refractivity contribution in [3.63, 3.8) is 0 Å². The molecule has 2 fully saturated rings. The molecule has 1 saturated heterocycles. The first-order chi connectivity index (χ1) is 9.25. The van der Waals surface area contributed by atoms with E-state index in [1.54, 1.807) is 0 Å². The van der Waals surface area contributed by atoms with E-state index in [1.807, 2.05) is 0 Å². The minimum atomic E-state index is 0.243. The van der Waals surface area contributed by atoms with Crippen molar-refractivity contribution in [2.75, 3.05) is 26.7 Å². The summed E-state index contributed by atoms with van der Waals surface area (Å²) in [7, 11) is 2.16. The molecular weight excluding hydrogens is 238 g/mol. The van der Waals surface area contributed by atoms with Crippen LogP contribution in [0.1, 0.15) is 51.4 Å². The average molecular weight is 267 g/mol. The number of piperidine rings is 1. The fourth-order valence-electron chi connectivity index (χ4n) is 3.25. The molecule has 1 amide bonds. The fraction of sp³-hybridized carbons (Fsp3) is 0.933. The number of rotatable bonds is 5. The number of amides is 1. The van der Waals surface area contributed by atoms with Crippen molar-refractivity contribution in [3.05, 3.63) is 0 Å². The SMILES string of the molecule is CN(CCC(=O)NC1CCCCC1)C1CCNCC1. The molecule has 0 radical (unpaired) electrons. The van der Waals surface area contributed by atoms with Crippen LogP contribution in [0.5, 0.6) is 0 Å². The molecule has 0 unspecified atom stereocenters. The Hall–Kier alpha value is -0.610. The van der Waals surface area contributed by atoms with Gasteiger partial charge in [-0.25, -0.2) is 0 Å². The normalized spacial score (nSPS) is 22.6. The van der Waals surface area contributed by atoms with Crippen LogP contribution in [0.15, 0.2) is 0 Å². The molecule has 4 heteroatoms. The fourth-order valence-corrected chi connectivity index (χ4v) is 3.25. The van der Waals surface area contributed by atoms with Crippen LogP contribution in [0.3, 0.4) is 0 Å². The standard InChI is InChI=1S/C15H29N3O/c1-18(14-7-10-16-11-8-14)12-9-15(19)17-13-5-3-2-4-6-13/h13-14,16H,2-12H2,1H3,(H,17,19). The van der Waals surface area contributed by atoms with E-state index in [1.165, 1.54) is 44.9 Å². The van der Waals surface area contributed by atoms with Crippen molar-refractivity contribution in [1.29, 1.82) is 0 Å². The summed E-state index contributed by atoms with van der Waals surface area (Å²) in [6, 6.07) is 1.11. The Bertz CT molecular complexity index is 271. The van der Waals surface area contributed by atoms with Gasteiger partial charge in [0.15, 0.2) is 0 Å². The number of hydrogen-bond acceptors (Lipinski definition) is 3. The number of hydrogen-bond donors (Lipinski definition) is 2. The first kappa shape index (κ1) is 14.8. The molecule has 0 atom stereocenters. The second-order valence-electron chi connectivity index (χ2n) is 6.11. The van der Waals surface area contributed by atoms with Crippen LogP contribution in [-0.4, -0.2) is 49.6 Å². The zero-order valence-electron chi connectivity index (χ0n) is 12.3. The van der Waals surface area contributed by atoms with E-state index in [2.05, 4.69) is 22.6 Å². The molecule has 0 spiro atoms. The van der Waals surface area contributed by atoms with Gasteiger partial charge in [0.1, 0.15) is 0 Å². The number of carbonyl (C=O) groups is 1. The van der Waals surface area contributed by atoms with Crippen molar-refractivity contribution >= 4 is 5.91 Å². The van der Waals surface area contributed by atoms with Crippen LogP contribution in [0.25, 0.3) is 0 Å². The molecule has 1 saturated carbocycles. The van der Waals surface area contributed by atoms with Crippen LogP contribution in [0.2, 0.25) is 0 Å². The number of nitrogens with one attached hydrogen (secondary N) is 2. The van der Waals surface area contributed by atoms with Crippen LogP contribution in [0, 0.1) is 0 Å². The molecule has 1 aliphatic heterocycles. The highest BCUT2D eigenvalue weighted by atomic mass is 16.1. The topological polar surface area (TPSA) is 44.4 Å². The first-order valence-corrected chi connectivity index (χ1v) is 7.96.